The third-order valence-corrected chi connectivity index (χ3v) is 4.39. The first-order valence-corrected chi connectivity index (χ1v) is 12.1. The Morgan fingerprint density at radius 1 is 0.865 bits per heavy atom. The molecule has 2 aromatic rings. The maximum absolute atomic E-state index is 11.8. The lowest BCUT2D eigenvalue weighted by Gasteiger charge is -2.19. The second-order valence-electron chi connectivity index (χ2n) is 10.3. The molecule has 0 bridgehead atoms. The van der Waals surface area contributed by atoms with Crippen LogP contribution in [0.4, 0.5) is 21.4 Å². The van der Waals surface area contributed by atoms with E-state index in [0.29, 0.717) is 56.0 Å². The average molecular weight is 523 g/mol. The minimum Gasteiger partial charge on any atom is -0.480 e. The van der Waals surface area contributed by atoms with E-state index in [1.54, 1.807) is 41.5 Å². The van der Waals surface area contributed by atoms with E-state index in [0.717, 1.165) is 0 Å². The third-order valence-electron chi connectivity index (χ3n) is 4.39. The third kappa shape index (κ3) is 11.2. The average Bonchev–Trinajstić information content (AvgIpc) is 3.12. The second kappa shape index (κ2) is 12.9. The first kappa shape index (κ1) is 29.4. The predicted octanol–water partition coefficient (Wildman–Crippen LogP) is 2.56. The number of amides is 2. The molecule has 0 saturated heterocycles. The van der Waals surface area contributed by atoms with Crippen molar-refractivity contribution in [1.29, 1.82) is 0 Å². The van der Waals surface area contributed by atoms with E-state index in [4.69, 9.17) is 9.47 Å². The number of anilines is 2. The Bertz CT molecular complexity index is 1070. The van der Waals surface area contributed by atoms with Gasteiger partial charge in [-0.25, -0.2) is 14.6 Å². The summed E-state index contributed by atoms with van der Waals surface area (Å²) in [6.07, 6.45) is 1.58. The molecule has 0 aliphatic heterocycles. The van der Waals surface area contributed by atoms with Crippen molar-refractivity contribution in [1.82, 2.24) is 30.2 Å². The lowest BCUT2D eigenvalue weighted by Crippen LogP contribution is -2.33. The molecule has 0 atom stereocenters. The van der Waals surface area contributed by atoms with Crippen LogP contribution >= 0.6 is 0 Å². The molecule has 14 nitrogen and oxygen atoms in total. The molecule has 14 heteroatoms. The van der Waals surface area contributed by atoms with Crippen LogP contribution in [0.2, 0.25) is 0 Å². The molecule has 0 radical (unpaired) electrons. The Morgan fingerprint density at radius 2 is 1.41 bits per heavy atom. The highest BCUT2D eigenvalue weighted by Crippen LogP contribution is 2.21. The van der Waals surface area contributed by atoms with Crippen LogP contribution in [0.25, 0.3) is 11.2 Å². The van der Waals surface area contributed by atoms with E-state index >= 15 is 0 Å². The smallest absolute Gasteiger partial charge is 0.407 e. The topological polar surface area (TPSA) is 182 Å². The molecule has 0 fully saturated rings. The van der Waals surface area contributed by atoms with Gasteiger partial charge in [0, 0.05) is 26.2 Å². The zero-order chi connectivity index (χ0) is 27.6. The monoisotopic (exact) mass is 522 g/mol. The van der Waals surface area contributed by atoms with Gasteiger partial charge in [0.05, 0.1) is 6.33 Å². The number of carboxylic acids is 1. The molecule has 37 heavy (non-hydrogen) atoms. The molecule has 2 rings (SSSR count). The van der Waals surface area contributed by atoms with Crippen LogP contribution in [0.15, 0.2) is 6.33 Å². The first-order chi connectivity index (χ1) is 17.2. The van der Waals surface area contributed by atoms with E-state index < -0.39 is 29.4 Å². The fourth-order valence-corrected chi connectivity index (χ4v) is 3.00. The minimum absolute atomic E-state index is 0.284. The van der Waals surface area contributed by atoms with Crippen molar-refractivity contribution in [2.75, 3.05) is 36.8 Å². The summed E-state index contributed by atoms with van der Waals surface area (Å²) in [7, 11) is 0. The molecular weight excluding hydrogens is 484 g/mol. The number of ether oxygens (including phenoxy) is 2. The van der Waals surface area contributed by atoms with Gasteiger partial charge in [0.1, 0.15) is 17.7 Å². The van der Waals surface area contributed by atoms with Gasteiger partial charge in [-0.1, -0.05) is 0 Å². The largest absolute Gasteiger partial charge is 0.480 e. The van der Waals surface area contributed by atoms with Crippen LogP contribution in [0.5, 0.6) is 0 Å². The fraction of sp³-hybridized carbons (Fsp3) is 0.652. The molecule has 2 heterocycles. The molecule has 2 amide bonds. The minimum atomic E-state index is -1.02. The van der Waals surface area contributed by atoms with Crippen LogP contribution in [-0.2, 0) is 20.8 Å². The molecule has 0 saturated carbocycles. The van der Waals surface area contributed by atoms with Gasteiger partial charge in [-0.2, -0.15) is 9.97 Å². The molecule has 0 aliphatic rings. The Morgan fingerprint density at radius 3 is 1.92 bits per heavy atom. The summed E-state index contributed by atoms with van der Waals surface area (Å²) in [5.74, 6) is -0.310. The van der Waals surface area contributed by atoms with Crippen molar-refractivity contribution in [2.45, 2.75) is 72.1 Å². The zero-order valence-corrected chi connectivity index (χ0v) is 22.3. The number of carboxylic acid groups (broad SMARTS) is 1. The van der Waals surface area contributed by atoms with Crippen molar-refractivity contribution >= 4 is 41.1 Å². The summed E-state index contributed by atoms with van der Waals surface area (Å²) < 4.78 is 11.8. The normalized spacial score (nSPS) is 11.6. The predicted molar refractivity (Wildman–Crippen MR) is 138 cm³/mol. The van der Waals surface area contributed by atoms with Crippen LogP contribution in [0, 0.1) is 0 Å². The number of hydrogen-bond acceptors (Lipinski definition) is 10. The van der Waals surface area contributed by atoms with Gasteiger partial charge >= 0.3 is 18.2 Å². The highest BCUT2D eigenvalue weighted by atomic mass is 16.6. The van der Waals surface area contributed by atoms with Crippen LogP contribution in [0.1, 0.15) is 54.4 Å². The lowest BCUT2D eigenvalue weighted by molar-refractivity contribution is -0.137. The number of nitrogens with zero attached hydrogens (tertiary/aromatic N) is 4. The van der Waals surface area contributed by atoms with Gasteiger partial charge < -0.3 is 40.4 Å². The van der Waals surface area contributed by atoms with Crippen LogP contribution in [-0.4, -0.2) is 80.2 Å². The Hall–Kier alpha value is -3.84. The van der Waals surface area contributed by atoms with E-state index in [2.05, 4.69) is 36.2 Å². The van der Waals surface area contributed by atoms with Crippen molar-refractivity contribution in [3.05, 3.63) is 6.33 Å². The summed E-state index contributed by atoms with van der Waals surface area (Å²) >= 11 is 0. The van der Waals surface area contributed by atoms with E-state index in [-0.39, 0.29) is 12.5 Å². The molecule has 206 valence electrons. The number of imidazole rings is 1. The highest BCUT2D eigenvalue weighted by Gasteiger charge is 2.17. The second-order valence-corrected chi connectivity index (χ2v) is 10.3. The maximum Gasteiger partial charge on any atom is 0.407 e. The summed E-state index contributed by atoms with van der Waals surface area (Å²) in [6.45, 7) is 12.1. The Kier molecular flexibility index (Phi) is 10.3. The standard InChI is InChI=1S/C23H38N8O6/c1-22(2,3)36-20(34)26-11-7-9-24-17-16-18(31(14-28-16)13-15(32)33)30-19(29-17)25-10-8-12-27-21(35)37-23(4,5)6/h14H,7-13H2,1-6H3,(H,26,34)(H,27,35)(H,32,33)(H2,24,25,29,30). The fourth-order valence-electron chi connectivity index (χ4n) is 3.00. The van der Waals surface area contributed by atoms with E-state index in [9.17, 15) is 19.5 Å². The van der Waals surface area contributed by atoms with Crippen molar-refractivity contribution in [3.8, 4) is 0 Å². The number of rotatable bonds is 12. The molecule has 0 spiro atoms. The van der Waals surface area contributed by atoms with Crippen molar-refractivity contribution in [2.24, 2.45) is 0 Å². The zero-order valence-electron chi connectivity index (χ0n) is 22.3. The number of nitrogens with one attached hydrogen (secondary N) is 4. The van der Waals surface area contributed by atoms with Gasteiger partial charge in [-0.15, -0.1) is 0 Å². The van der Waals surface area contributed by atoms with E-state index in [1.165, 1.54) is 10.9 Å². The van der Waals surface area contributed by atoms with Gasteiger partial charge in [0.25, 0.3) is 0 Å². The van der Waals surface area contributed by atoms with Gasteiger partial charge in [0.2, 0.25) is 5.95 Å². The van der Waals surface area contributed by atoms with Crippen LogP contribution < -0.4 is 21.3 Å². The number of fused-ring (bicyclic) bond motifs is 1. The summed E-state index contributed by atoms with van der Waals surface area (Å²) in [5.41, 5.74) is -0.349. The number of alkyl carbamates (subject to hydrolysis) is 2. The SMILES string of the molecule is CC(C)(C)OC(=O)NCCCNc1nc(NCCCNC(=O)OC(C)(C)C)c2ncn(CC(=O)O)c2n1. The Labute approximate surface area is 215 Å². The van der Waals surface area contributed by atoms with Crippen molar-refractivity contribution in [3.63, 3.8) is 0 Å². The summed E-state index contributed by atoms with van der Waals surface area (Å²) in [6, 6.07) is 0. The number of aliphatic carboxylic acids is 1. The Balaban J connectivity index is 1.96. The highest BCUT2D eigenvalue weighted by molar-refractivity contribution is 5.85. The van der Waals surface area contributed by atoms with Crippen LogP contribution in [0.3, 0.4) is 0 Å². The molecule has 2 aromatic heterocycles. The van der Waals surface area contributed by atoms with E-state index in [1.807, 2.05) is 0 Å². The van der Waals surface area contributed by atoms with Gasteiger partial charge in [-0.05, 0) is 54.4 Å². The summed E-state index contributed by atoms with van der Waals surface area (Å²) in [5, 5.41) is 20.8. The number of carbonyl (C=O) groups excluding carboxylic acids is 2. The number of aromatic nitrogens is 4. The quantitative estimate of drug-likeness (QED) is 0.258. The molecular formula is C23H38N8O6. The maximum atomic E-state index is 11.8. The number of hydrogen-bond donors (Lipinski definition) is 5. The van der Waals surface area contributed by atoms with Gasteiger partial charge in [-0.3, -0.25) is 4.79 Å². The molecule has 5 N–H and O–H groups in total. The molecule has 0 aliphatic carbocycles. The molecule has 0 unspecified atom stereocenters. The molecule has 0 aromatic carbocycles. The lowest BCUT2D eigenvalue weighted by atomic mass is 10.2. The van der Waals surface area contributed by atoms with Crippen molar-refractivity contribution < 1.29 is 29.0 Å². The summed E-state index contributed by atoms with van der Waals surface area (Å²) in [4.78, 5) is 47.9. The van der Waals surface area contributed by atoms with Gasteiger partial charge in [0.15, 0.2) is 17.0 Å². The first-order valence-electron chi connectivity index (χ1n) is 12.1. The number of carbonyl (C=O) groups is 3.